The minimum Gasteiger partial charge on any atom is -0.303 e. The summed E-state index contributed by atoms with van der Waals surface area (Å²) >= 11 is 5.93. The van der Waals surface area contributed by atoms with Crippen molar-refractivity contribution in [2.75, 3.05) is 4.90 Å². The Kier molecular flexibility index (Phi) is 3.76. The normalized spacial score (nSPS) is 23.9. The lowest BCUT2D eigenvalue weighted by molar-refractivity contribution is -0.121. The summed E-state index contributed by atoms with van der Waals surface area (Å²) in [6.07, 6.45) is 4.82. The third kappa shape index (κ3) is 2.58. The SMILES string of the molecule is O=C1CC(NC2CCCC2)C(=O)N1c1cccc(Cl)c1. The Balaban J connectivity index is 1.76. The predicted octanol–water partition coefficient (Wildman–Crippen LogP) is 2.50. The molecule has 0 aromatic heterocycles. The molecule has 0 bridgehead atoms. The van der Waals surface area contributed by atoms with Crippen LogP contribution < -0.4 is 10.2 Å². The number of carbonyl (C=O) groups is 2. The number of carbonyl (C=O) groups excluding carboxylic acids is 2. The van der Waals surface area contributed by atoms with Gasteiger partial charge in [-0.3, -0.25) is 9.59 Å². The van der Waals surface area contributed by atoms with Gasteiger partial charge in [0.1, 0.15) is 0 Å². The molecule has 1 aromatic carbocycles. The monoisotopic (exact) mass is 292 g/mol. The summed E-state index contributed by atoms with van der Waals surface area (Å²) in [7, 11) is 0. The van der Waals surface area contributed by atoms with Gasteiger partial charge >= 0.3 is 0 Å². The fraction of sp³-hybridized carbons (Fsp3) is 0.467. The van der Waals surface area contributed by atoms with Crippen molar-refractivity contribution in [1.82, 2.24) is 5.32 Å². The molecule has 1 unspecified atom stereocenters. The van der Waals surface area contributed by atoms with Gasteiger partial charge in [-0.15, -0.1) is 0 Å². The number of benzene rings is 1. The van der Waals surface area contributed by atoms with E-state index in [1.165, 1.54) is 17.7 Å². The molecule has 1 saturated carbocycles. The van der Waals surface area contributed by atoms with Gasteiger partial charge in [-0.05, 0) is 31.0 Å². The Morgan fingerprint density at radius 1 is 1.20 bits per heavy atom. The highest BCUT2D eigenvalue weighted by atomic mass is 35.5. The number of nitrogens with zero attached hydrogens (tertiary/aromatic N) is 1. The van der Waals surface area contributed by atoms with Crippen LogP contribution in [-0.2, 0) is 9.59 Å². The molecule has 1 aliphatic carbocycles. The van der Waals surface area contributed by atoms with Gasteiger partial charge in [0.15, 0.2) is 0 Å². The molecule has 1 N–H and O–H groups in total. The number of imide groups is 1. The van der Waals surface area contributed by atoms with Crippen LogP contribution in [0.15, 0.2) is 24.3 Å². The first-order chi connectivity index (χ1) is 9.65. The number of hydrogen-bond donors (Lipinski definition) is 1. The second-order valence-electron chi connectivity index (χ2n) is 5.45. The molecule has 1 saturated heterocycles. The van der Waals surface area contributed by atoms with Crippen LogP contribution in [0.25, 0.3) is 0 Å². The maximum Gasteiger partial charge on any atom is 0.251 e. The molecule has 0 spiro atoms. The lowest BCUT2D eigenvalue weighted by atomic mass is 10.2. The third-order valence-electron chi connectivity index (χ3n) is 4.01. The fourth-order valence-corrected chi connectivity index (χ4v) is 3.21. The van der Waals surface area contributed by atoms with Crippen LogP contribution in [0.4, 0.5) is 5.69 Å². The van der Waals surface area contributed by atoms with Crippen LogP contribution in [0.5, 0.6) is 0 Å². The van der Waals surface area contributed by atoms with Crippen molar-refractivity contribution in [3.63, 3.8) is 0 Å². The van der Waals surface area contributed by atoms with Crippen LogP contribution >= 0.6 is 11.6 Å². The summed E-state index contributed by atoms with van der Waals surface area (Å²) in [5.74, 6) is -0.322. The topological polar surface area (TPSA) is 49.4 Å². The fourth-order valence-electron chi connectivity index (χ4n) is 3.03. The van der Waals surface area contributed by atoms with E-state index in [-0.39, 0.29) is 24.3 Å². The van der Waals surface area contributed by atoms with Gasteiger partial charge in [0, 0.05) is 11.1 Å². The van der Waals surface area contributed by atoms with E-state index in [0.717, 1.165) is 12.8 Å². The van der Waals surface area contributed by atoms with Gasteiger partial charge in [0.05, 0.1) is 18.2 Å². The quantitative estimate of drug-likeness (QED) is 0.871. The van der Waals surface area contributed by atoms with Crippen LogP contribution in [0.2, 0.25) is 5.02 Å². The van der Waals surface area contributed by atoms with Crippen molar-refractivity contribution in [3.8, 4) is 0 Å². The maximum absolute atomic E-state index is 12.4. The molecule has 2 aliphatic rings. The Morgan fingerprint density at radius 3 is 2.65 bits per heavy atom. The Morgan fingerprint density at radius 2 is 1.95 bits per heavy atom. The molecular formula is C15H17ClN2O2. The van der Waals surface area contributed by atoms with Crippen LogP contribution in [-0.4, -0.2) is 23.9 Å². The number of nitrogens with one attached hydrogen (secondary N) is 1. The summed E-state index contributed by atoms with van der Waals surface area (Å²) in [5, 5.41) is 3.85. The zero-order valence-electron chi connectivity index (χ0n) is 11.1. The molecule has 1 atom stereocenters. The highest BCUT2D eigenvalue weighted by molar-refractivity contribution is 6.31. The molecular weight excluding hydrogens is 276 g/mol. The summed E-state index contributed by atoms with van der Waals surface area (Å²) in [6, 6.07) is 6.84. The summed E-state index contributed by atoms with van der Waals surface area (Å²) in [6.45, 7) is 0. The van der Waals surface area contributed by atoms with E-state index in [1.807, 2.05) is 0 Å². The van der Waals surface area contributed by atoms with E-state index in [0.29, 0.717) is 16.8 Å². The van der Waals surface area contributed by atoms with Crippen molar-refractivity contribution in [1.29, 1.82) is 0 Å². The molecule has 20 heavy (non-hydrogen) atoms. The van der Waals surface area contributed by atoms with E-state index < -0.39 is 0 Å². The van der Waals surface area contributed by atoms with Crippen molar-refractivity contribution < 1.29 is 9.59 Å². The van der Waals surface area contributed by atoms with Crippen LogP contribution in [0.3, 0.4) is 0 Å². The maximum atomic E-state index is 12.4. The molecule has 1 aliphatic heterocycles. The Labute approximate surface area is 123 Å². The van der Waals surface area contributed by atoms with E-state index in [1.54, 1.807) is 24.3 Å². The summed E-state index contributed by atoms with van der Waals surface area (Å²) in [5.41, 5.74) is 0.559. The molecule has 1 heterocycles. The molecule has 2 fully saturated rings. The van der Waals surface area contributed by atoms with Gasteiger partial charge in [-0.1, -0.05) is 30.5 Å². The number of amides is 2. The van der Waals surface area contributed by atoms with E-state index >= 15 is 0 Å². The zero-order chi connectivity index (χ0) is 14.1. The molecule has 4 nitrogen and oxygen atoms in total. The highest BCUT2D eigenvalue weighted by Gasteiger charge is 2.40. The van der Waals surface area contributed by atoms with Crippen molar-refractivity contribution in [3.05, 3.63) is 29.3 Å². The average Bonchev–Trinajstić information content (AvgIpc) is 2.99. The largest absolute Gasteiger partial charge is 0.303 e. The molecule has 106 valence electrons. The molecule has 0 radical (unpaired) electrons. The van der Waals surface area contributed by atoms with E-state index in [9.17, 15) is 9.59 Å². The zero-order valence-corrected chi connectivity index (χ0v) is 11.9. The minimum atomic E-state index is -0.385. The number of anilines is 1. The molecule has 2 amide bonds. The molecule has 1 aromatic rings. The van der Waals surface area contributed by atoms with Crippen molar-refractivity contribution in [2.24, 2.45) is 0 Å². The lowest BCUT2D eigenvalue weighted by Crippen LogP contribution is -2.42. The average molecular weight is 293 g/mol. The second-order valence-corrected chi connectivity index (χ2v) is 5.89. The van der Waals surface area contributed by atoms with Gasteiger partial charge < -0.3 is 5.32 Å². The van der Waals surface area contributed by atoms with Crippen LogP contribution in [0.1, 0.15) is 32.1 Å². The first-order valence-corrected chi connectivity index (χ1v) is 7.41. The molecule has 5 heteroatoms. The summed E-state index contributed by atoms with van der Waals surface area (Å²) in [4.78, 5) is 25.8. The van der Waals surface area contributed by atoms with E-state index in [4.69, 9.17) is 11.6 Å². The Hall–Kier alpha value is -1.39. The first-order valence-electron chi connectivity index (χ1n) is 7.03. The van der Waals surface area contributed by atoms with Gasteiger partial charge in [-0.2, -0.15) is 0 Å². The van der Waals surface area contributed by atoms with Crippen molar-refractivity contribution >= 4 is 29.1 Å². The number of halogens is 1. The van der Waals surface area contributed by atoms with Gasteiger partial charge in [-0.25, -0.2) is 4.90 Å². The first kappa shape index (κ1) is 13.6. The smallest absolute Gasteiger partial charge is 0.251 e. The third-order valence-corrected chi connectivity index (χ3v) is 4.24. The second kappa shape index (κ2) is 5.54. The number of rotatable bonds is 3. The Bertz CT molecular complexity index is 540. The van der Waals surface area contributed by atoms with Gasteiger partial charge in [0.2, 0.25) is 5.91 Å². The van der Waals surface area contributed by atoms with Crippen molar-refractivity contribution in [2.45, 2.75) is 44.2 Å². The predicted molar refractivity (Wildman–Crippen MR) is 77.7 cm³/mol. The van der Waals surface area contributed by atoms with Gasteiger partial charge in [0.25, 0.3) is 5.91 Å². The highest BCUT2D eigenvalue weighted by Crippen LogP contribution is 2.27. The minimum absolute atomic E-state index is 0.159. The van der Waals surface area contributed by atoms with Crippen LogP contribution in [0, 0.1) is 0 Å². The standard InChI is InChI=1S/C15H17ClN2O2/c16-10-4-3-7-12(8-10)18-14(19)9-13(15(18)20)17-11-5-1-2-6-11/h3-4,7-8,11,13,17H,1-2,5-6,9H2. The number of hydrogen-bond acceptors (Lipinski definition) is 3. The summed E-state index contributed by atoms with van der Waals surface area (Å²) < 4.78 is 0. The molecule has 3 rings (SSSR count). The van der Waals surface area contributed by atoms with E-state index in [2.05, 4.69) is 5.32 Å². The lowest BCUT2D eigenvalue weighted by Gasteiger charge is -2.18.